The van der Waals surface area contributed by atoms with E-state index < -0.39 is 6.61 Å². The maximum Gasteiger partial charge on any atom is 0.387 e. The Bertz CT molecular complexity index is 410. The standard InChI is InChI=1S/C14H20ClF2NO/c1-4-7-14(2,3)18-9-10-8-11(15)5-6-12(10)19-13(16)17/h5-6,8,13,18H,4,7,9H2,1-3H3. The van der Waals surface area contributed by atoms with Gasteiger partial charge in [0, 0.05) is 22.7 Å². The van der Waals surface area contributed by atoms with E-state index in [9.17, 15) is 8.78 Å². The lowest BCUT2D eigenvalue weighted by atomic mass is 9.98. The maximum absolute atomic E-state index is 12.3. The van der Waals surface area contributed by atoms with Crippen LogP contribution in [0.25, 0.3) is 0 Å². The van der Waals surface area contributed by atoms with E-state index in [2.05, 4.69) is 30.8 Å². The van der Waals surface area contributed by atoms with Gasteiger partial charge in [-0.2, -0.15) is 8.78 Å². The molecule has 0 unspecified atom stereocenters. The molecule has 0 aliphatic carbocycles. The molecule has 0 aliphatic rings. The van der Waals surface area contributed by atoms with Crippen molar-refractivity contribution >= 4 is 11.6 Å². The molecule has 108 valence electrons. The molecule has 0 saturated heterocycles. The summed E-state index contributed by atoms with van der Waals surface area (Å²) in [5, 5.41) is 3.84. The number of hydrogen-bond donors (Lipinski definition) is 1. The Hall–Kier alpha value is -0.870. The highest BCUT2D eigenvalue weighted by molar-refractivity contribution is 6.30. The molecule has 1 rings (SSSR count). The molecule has 0 atom stereocenters. The summed E-state index contributed by atoms with van der Waals surface area (Å²) in [5.41, 5.74) is 0.580. The van der Waals surface area contributed by atoms with E-state index in [1.54, 1.807) is 12.1 Å². The van der Waals surface area contributed by atoms with Gasteiger partial charge in [0.2, 0.25) is 0 Å². The van der Waals surface area contributed by atoms with Crippen molar-refractivity contribution in [1.82, 2.24) is 5.32 Å². The largest absolute Gasteiger partial charge is 0.434 e. The van der Waals surface area contributed by atoms with E-state index in [4.69, 9.17) is 11.6 Å². The number of rotatable bonds is 7. The lowest BCUT2D eigenvalue weighted by molar-refractivity contribution is -0.0505. The fourth-order valence-corrected chi connectivity index (χ4v) is 2.14. The van der Waals surface area contributed by atoms with Crippen molar-refractivity contribution in [2.45, 2.75) is 52.3 Å². The van der Waals surface area contributed by atoms with Gasteiger partial charge in [0.05, 0.1) is 0 Å². The second-order valence-corrected chi connectivity index (χ2v) is 5.55. The van der Waals surface area contributed by atoms with Crippen molar-refractivity contribution in [3.8, 4) is 5.75 Å². The Morgan fingerprint density at radius 1 is 1.37 bits per heavy atom. The number of alkyl halides is 2. The lowest BCUT2D eigenvalue weighted by Gasteiger charge is -2.26. The SMILES string of the molecule is CCCC(C)(C)NCc1cc(Cl)ccc1OC(F)F. The first-order valence-corrected chi connectivity index (χ1v) is 6.70. The molecule has 0 bridgehead atoms. The highest BCUT2D eigenvalue weighted by Gasteiger charge is 2.17. The van der Waals surface area contributed by atoms with Gasteiger partial charge in [0.1, 0.15) is 5.75 Å². The average molecular weight is 292 g/mol. The molecule has 0 radical (unpaired) electrons. The summed E-state index contributed by atoms with van der Waals surface area (Å²) in [5.74, 6) is 0.166. The zero-order valence-electron chi connectivity index (χ0n) is 11.5. The average Bonchev–Trinajstić information content (AvgIpc) is 2.29. The highest BCUT2D eigenvalue weighted by atomic mass is 35.5. The summed E-state index contributed by atoms with van der Waals surface area (Å²) in [7, 11) is 0. The van der Waals surface area contributed by atoms with Crippen LogP contribution in [0.15, 0.2) is 18.2 Å². The third-order valence-corrected chi connectivity index (χ3v) is 3.11. The number of nitrogens with one attached hydrogen (secondary N) is 1. The summed E-state index contributed by atoms with van der Waals surface area (Å²) >= 11 is 5.89. The Morgan fingerprint density at radius 3 is 2.63 bits per heavy atom. The third-order valence-electron chi connectivity index (χ3n) is 2.87. The summed E-state index contributed by atoms with van der Waals surface area (Å²) in [6, 6.07) is 4.66. The topological polar surface area (TPSA) is 21.3 Å². The fraction of sp³-hybridized carbons (Fsp3) is 0.571. The van der Waals surface area contributed by atoms with Crippen molar-refractivity contribution in [1.29, 1.82) is 0 Å². The van der Waals surface area contributed by atoms with Crippen LogP contribution in [0.1, 0.15) is 39.2 Å². The maximum atomic E-state index is 12.3. The first kappa shape index (κ1) is 16.2. The number of ether oxygens (including phenoxy) is 1. The van der Waals surface area contributed by atoms with E-state index in [1.807, 2.05) is 0 Å². The highest BCUT2D eigenvalue weighted by Crippen LogP contribution is 2.25. The molecule has 0 aromatic heterocycles. The smallest absolute Gasteiger partial charge is 0.387 e. The molecule has 1 aromatic carbocycles. The number of hydrogen-bond acceptors (Lipinski definition) is 2. The van der Waals surface area contributed by atoms with E-state index >= 15 is 0 Å². The Morgan fingerprint density at radius 2 is 2.05 bits per heavy atom. The summed E-state index contributed by atoms with van der Waals surface area (Å²) in [6.45, 7) is 3.87. The molecule has 5 heteroatoms. The molecule has 0 heterocycles. The molecule has 0 aliphatic heterocycles. The van der Waals surface area contributed by atoms with Crippen molar-refractivity contribution in [2.24, 2.45) is 0 Å². The van der Waals surface area contributed by atoms with Crippen LogP contribution in [0.3, 0.4) is 0 Å². The lowest BCUT2D eigenvalue weighted by Crippen LogP contribution is -2.38. The normalized spacial score (nSPS) is 11.9. The van der Waals surface area contributed by atoms with Crippen LogP contribution in [-0.4, -0.2) is 12.2 Å². The molecule has 0 saturated carbocycles. The summed E-state index contributed by atoms with van der Waals surface area (Å²) in [6.07, 6.45) is 2.05. The summed E-state index contributed by atoms with van der Waals surface area (Å²) in [4.78, 5) is 0. The third kappa shape index (κ3) is 5.74. The first-order valence-electron chi connectivity index (χ1n) is 6.32. The van der Waals surface area contributed by atoms with E-state index in [-0.39, 0.29) is 11.3 Å². The van der Waals surface area contributed by atoms with Crippen LogP contribution < -0.4 is 10.1 Å². The zero-order chi connectivity index (χ0) is 14.5. The van der Waals surface area contributed by atoms with Gasteiger partial charge >= 0.3 is 6.61 Å². The zero-order valence-corrected chi connectivity index (χ0v) is 12.2. The van der Waals surface area contributed by atoms with Crippen molar-refractivity contribution in [3.63, 3.8) is 0 Å². The molecular formula is C14H20ClF2NO. The Kier molecular flexibility index (Phi) is 6.01. The Balaban J connectivity index is 2.78. The van der Waals surface area contributed by atoms with Crippen molar-refractivity contribution < 1.29 is 13.5 Å². The van der Waals surface area contributed by atoms with Crippen LogP contribution in [-0.2, 0) is 6.54 Å². The van der Waals surface area contributed by atoms with Gasteiger partial charge in [-0.15, -0.1) is 0 Å². The quantitative estimate of drug-likeness (QED) is 0.792. The van der Waals surface area contributed by atoms with Gasteiger partial charge in [-0.05, 0) is 38.5 Å². The fourth-order valence-electron chi connectivity index (χ4n) is 1.95. The van der Waals surface area contributed by atoms with Crippen LogP contribution in [0.2, 0.25) is 5.02 Å². The minimum absolute atomic E-state index is 0.0564. The molecule has 0 amide bonds. The van der Waals surface area contributed by atoms with E-state index in [0.29, 0.717) is 17.1 Å². The Labute approximate surface area is 118 Å². The monoisotopic (exact) mass is 291 g/mol. The molecule has 1 N–H and O–H groups in total. The van der Waals surface area contributed by atoms with Gasteiger partial charge < -0.3 is 10.1 Å². The second kappa shape index (κ2) is 7.06. The van der Waals surface area contributed by atoms with Gasteiger partial charge in [0.15, 0.2) is 0 Å². The molecule has 1 aromatic rings. The van der Waals surface area contributed by atoms with Crippen LogP contribution in [0, 0.1) is 0 Å². The van der Waals surface area contributed by atoms with Crippen LogP contribution in [0.5, 0.6) is 5.75 Å². The molecule has 2 nitrogen and oxygen atoms in total. The van der Waals surface area contributed by atoms with Crippen molar-refractivity contribution in [3.05, 3.63) is 28.8 Å². The minimum atomic E-state index is -2.83. The van der Waals surface area contributed by atoms with E-state index in [0.717, 1.165) is 12.8 Å². The van der Waals surface area contributed by atoms with Crippen LogP contribution in [0.4, 0.5) is 8.78 Å². The molecular weight excluding hydrogens is 272 g/mol. The summed E-state index contributed by atoms with van der Waals surface area (Å²) < 4.78 is 29.1. The predicted octanol–water partition coefficient (Wildman–Crippen LogP) is 4.61. The first-order chi connectivity index (χ1) is 8.84. The van der Waals surface area contributed by atoms with Gasteiger partial charge in [-0.25, -0.2) is 0 Å². The van der Waals surface area contributed by atoms with Gasteiger partial charge in [0.25, 0.3) is 0 Å². The molecule has 0 spiro atoms. The van der Waals surface area contributed by atoms with E-state index in [1.165, 1.54) is 6.07 Å². The van der Waals surface area contributed by atoms with Crippen molar-refractivity contribution in [2.75, 3.05) is 0 Å². The van der Waals surface area contributed by atoms with Gasteiger partial charge in [-0.3, -0.25) is 0 Å². The van der Waals surface area contributed by atoms with Crippen LogP contribution >= 0.6 is 11.6 Å². The minimum Gasteiger partial charge on any atom is -0.434 e. The predicted molar refractivity (Wildman–Crippen MR) is 73.9 cm³/mol. The molecule has 19 heavy (non-hydrogen) atoms. The van der Waals surface area contributed by atoms with Gasteiger partial charge in [-0.1, -0.05) is 24.9 Å². The second-order valence-electron chi connectivity index (χ2n) is 5.12. The number of halogens is 3. The number of benzene rings is 1. The molecule has 0 fully saturated rings.